The van der Waals surface area contributed by atoms with Crippen molar-refractivity contribution in [3.8, 4) is 0 Å². The summed E-state index contributed by atoms with van der Waals surface area (Å²) in [7, 11) is 0. The lowest BCUT2D eigenvalue weighted by Crippen LogP contribution is -2.43. The molecular formula is C26H28FN3O. The van der Waals surface area contributed by atoms with Crippen LogP contribution in [0.1, 0.15) is 46.1 Å². The maximum Gasteiger partial charge on any atom is 0.252 e. The molecule has 31 heavy (non-hydrogen) atoms. The highest BCUT2D eigenvalue weighted by molar-refractivity contribution is 5.95. The molecule has 2 aromatic carbocycles. The number of carbonyl (C=O) groups is 1. The number of pyridine rings is 1. The number of nitrogens with zero attached hydrogens (tertiary/aromatic N) is 2. The molecule has 4 rings (SSSR count). The number of piperidine rings is 1. The Morgan fingerprint density at radius 3 is 2.68 bits per heavy atom. The lowest BCUT2D eigenvalue weighted by molar-refractivity contribution is 0.0873. The van der Waals surface area contributed by atoms with Crippen LogP contribution >= 0.6 is 0 Å². The molecule has 0 bridgehead atoms. The first kappa shape index (κ1) is 21.2. The van der Waals surface area contributed by atoms with Gasteiger partial charge in [0.1, 0.15) is 5.82 Å². The van der Waals surface area contributed by atoms with Gasteiger partial charge >= 0.3 is 0 Å². The van der Waals surface area contributed by atoms with Gasteiger partial charge in [0.25, 0.3) is 5.91 Å². The van der Waals surface area contributed by atoms with Crippen molar-refractivity contribution in [2.75, 3.05) is 13.1 Å². The van der Waals surface area contributed by atoms with Gasteiger partial charge < -0.3 is 5.32 Å². The minimum Gasteiger partial charge on any atom is -0.343 e. The average molecular weight is 418 g/mol. The summed E-state index contributed by atoms with van der Waals surface area (Å²) in [5, 5.41) is 3.25. The van der Waals surface area contributed by atoms with Crippen LogP contribution in [-0.2, 0) is 6.54 Å². The number of hydrogen-bond acceptors (Lipinski definition) is 3. The predicted molar refractivity (Wildman–Crippen MR) is 120 cm³/mol. The summed E-state index contributed by atoms with van der Waals surface area (Å²) in [4.78, 5) is 19.9. The largest absolute Gasteiger partial charge is 0.343 e. The molecule has 4 nitrogen and oxygen atoms in total. The molecule has 0 spiro atoms. The van der Waals surface area contributed by atoms with E-state index in [1.165, 1.54) is 6.07 Å². The maximum absolute atomic E-state index is 14.2. The topological polar surface area (TPSA) is 45.2 Å². The number of carbonyl (C=O) groups excluding carboxylic acids is 1. The average Bonchev–Trinajstić information content (AvgIpc) is 2.80. The molecule has 1 saturated heterocycles. The summed E-state index contributed by atoms with van der Waals surface area (Å²) < 4.78 is 14.2. The smallest absolute Gasteiger partial charge is 0.252 e. The molecule has 1 amide bonds. The summed E-state index contributed by atoms with van der Waals surface area (Å²) in [5.74, 6) is -0.0536. The highest BCUT2D eigenvalue weighted by atomic mass is 19.1. The molecule has 0 unspecified atom stereocenters. The van der Waals surface area contributed by atoms with E-state index in [4.69, 9.17) is 0 Å². The van der Waals surface area contributed by atoms with E-state index in [9.17, 15) is 9.18 Å². The van der Waals surface area contributed by atoms with Crippen molar-refractivity contribution in [1.82, 2.24) is 15.2 Å². The monoisotopic (exact) mass is 417 g/mol. The molecule has 2 heterocycles. The minimum atomic E-state index is -0.197. The number of aromatic nitrogens is 1. The number of aryl methyl sites for hydroxylation is 1. The van der Waals surface area contributed by atoms with Crippen LogP contribution in [-0.4, -0.2) is 28.9 Å². The third-order valence-corrected chi connectivity index (χ3v) is 6.05. The van der Waals surface area contributed by atoms with Gasteiger partial charge in [-0.25, -0.2) is 4.39 Å². The van der Waals surface area contributed by atoms with Crippen molar-refractivity contribution in [2.45, 2.75) is 32.4 Å². The van der Waals surface area contributed by atoms with E-state index in [-0.39, 0.29) is 23.7 Å². The second-order valence-electron chi connectivity index (χ2n) is 8.25. The standard InChI is InChI=1S/C26H28FN3O/c1-19-9-2-4-12-22(19)26(31)29-25(24-14-6-7-15-28-24)21-11-8-16-30(18-21)17-20-10-3-5-13-23(20)27/h2-7,9-10,12-15,21,25H,8,11,16-18H2,1H3,(H,29,31)/t21-,25-/m0/s1. The van der Waals surface area contributed by atoms with Gasteiger partial charge in [0.15, 0.2) is 0 Å². The number of halogens is 1. The summed E-state index contributed by atoms with van der Waals surface area (Å²) in [6.45, 7) is 4.22. The Morgan fingerprint density at radius 1 is 1.13 bits per heavy atom. The van der Waals surface area contributed by atoms with Crippen LogP contribution < -0.4 is 5.32 Å². The molecule has 1 aliphatic rings. The van der Waals surface area contributed by atoms with E-state index in [2.05, 4.69) is 15.2 Å². The molecular weight excluding hydrogens is 389 g/mol. The molecule has 1 aromatic heterocycles. The second-order valence-corrected chi connectivity index (χ2v) is 8.25. The Bertz CT molecular complexity index is 1020. The zero-order valence-corrected chi connectivity index (χ0v) is 17.8. The zero-order valence-electron chi connectivity index (χ0n) is 17.8. The van der Waals surface area contributed by atoms with E-state index in [1.807, 2.05) is 61.5 Å². The van der Waals surface area contributed by atoms with Crippen molar-refractivity contribution in [2.24, 2.45) is 5.92 Å². The van der Waals surface area contributed by atoms with Gasteiger partial charge in [0, 0.05) is 30.4 Å². The van der Waals surface area contributed by atoms with Crippen molar-refractivity contribution in [3.05, 3.63) is 101 Å². The molecule has 1 fully saturated rings. The first-order chi connectivity index (χ1) is 15.1. The normalized spacial score (nSPS) is 17.8. The third kappa shape index (κ3) is 5.17. The summed E-state index contributed by atoms with van der Waals surface area (Å²) in [6.07, 6.45) is 3.76. The summed E-state index contributed by atoms with van der Waals surface area (Å²) >= 11 is 0. The number of hydrogen-bond donors (Lipinski definition) is 1. The van der Waals surface area contributed by atoms with Gasteiger partial charge in [-0.05, 0) is 62.1 Å². The van der Waals surface area contributed by atoms with Crippen molar-refractivity contribution in [3.63, 3.8) is 0 Å². The van der Waals surface area contributed by atoms with Crippen molar-refractivity contribution >= 4 is 5.91 Å². The van der Waals surface area contributed by atoms with Crippen LogP contribution in [0.25, 0.3) is 0 Å². The highest BCUT2D eigenvalue weighted by Crippen LogP contribution is 2.30. The predicted octanol–water partition coefficient (Wildman–Crippen LogP) is 4.91. The molecule has 0 radical (unpaired) electrons. The van der Waals surface area contributed by atoms with Crippen LogP contribution in [0, 0.1) is 18.7 Å². The van der Waals surface area contributed by atoms with Crippen LogP contribution in [0.15, 0.2) is 72.9 Å². The van der Waals surface area contributed by atoms with Gasteiger partial charge in [0.05, 0.1) is 11.7 Å². The van der Waals surface area contributed by atoms with Gasteiger partial charge in [-0.15, -0.1) is 0 Å². The maximum atomic E-state index is 14.2. The first-order valence-electron chi connectivity index (χ1n) is 10.8. The molecule has 1 aliphatic heterocycles. The second kappa shape index (κ2) is 9.84. The fraction of sp³-hybridized carbons (Fsp3) is 0.308. The zero-order chi connectivity index (χ0) is 21.6. The van der Waals surface area contributed by atoms with Gasteiger partial charge in [-0.1, -0.05) is 42.5 Å². The van der Waals surface area contributed by atoms with Crippen LogP contribution in [0.3, 0.4) is 0 Å². The molecule has 1 N–H and O–H groups in total. The lowest BCUT2D eigenvalue weighted by atomic mass is 9.88. The SMILES string of the molecule is Cc1ccccc1C(=O)N[C@H](c1ccccn1)[C@H]1CCCN(Cc2ccccc2F)C1. The van der Waals surface area contributed by atoms with Gasteiger partial charge in [-0.3, -0.25) is 14.7 Å². The molecule has 5 heteroatoms. The van der Waals surface area contributed by atoms with Gasteiger partial charge in [0.2, 0.25) is 0 Å². The van der Waals surface area contributed by atoms with E-state index < -0.39 is 0 Å². The van der Waals surface area contributed by atoms with E-state index in [1.54, 1.807) is 12.3 Å². The highest BCUT2D eigenvalue weighted by Gasteiger charge is 2.31. The quantitative estimate of drug-likeness (QED) is 0.620. The number of benzene rings is 2. The van der Waals surface area contributed by atoms with Crippen molar-refractivity contribution < 1.29 is 9.18 Å². The number of nitrogens with one attached hydrogen (secondary N) is 1. The molecule has 0 saturated carbocycles. The third-order valence-electron chi connectivity index (χ3n) is 6.05. The molecule has 160 valence electrons. The summed E-state index contributed by atoms with van der Waals surface area (Å²) in [5.41, 5.74) is 3.20. The Labute approximate surface area is 183 Å². The molecule has 3 aromatic rings. The lowest BCUT2D eigenvalue weighted by Gasteiger charge is -2.37. The Balaban J connectivity index is 1.54. The summed E-state index contributed by atoms with van der Waals surface area (Å²) in [6, 6.07) is 20.2. The van der Waals surface area contributed by atoms with E-state index in [0.717, 1.165) is 37.2 Å². The molecule has 0 aliphatic carbocycles. The van der Waals surface area contributed by atoms with Gasteiger partial charge in [-0.2, -0.15) is 0 Å². The minimum absolute atomic E-state index is 0.0834. The Morgan fingerprint density at radius 2 is 1.90 bits per heavy atom. The van der Waals surface area contributed by atoms with Crippen molar-refractivity contribution in [1.29, 1.82) is 0 Å². The number of rotatable bonds is 6. The van der Waals surface area contributed by atoms with Crippen LogP contribution in [0.4, 0.5) is 4.39 Å². The first-order valence-corrected chi connectivity index (χ1v) is 10.8. The Hall–Kier alpha value is -3.05. The fourth-order valence-corrected chi connectivity index (χ4v) is 4.41. The van der Waals surface area contributed by atoms with Crippen LogP contribution in [0.2, 0.25) is 0 Å². The Kier molecular flexibility index (Phi) is 6.73. The number of likely N-dealkylation sites (tertiary alicyclic amines) is 1. The molecule has 2 atom stereocenters. The number of amides is 1. The van der Waals surface area contributed by atoms with E-state index >= 15 is 0 Å². The van der Waals surface area contributed by atoms with Crippen LogP contribution in [0.5, 0.6) is 0 Å². The fourth-order valence-electron chi connectivity index (χ4n) is 4.41. The van der Waals surface area contributed by atoms with E-state index in [0.29, 0.717) is 17.7 Å².